The van der Waals surface area contributed by atoms with Crippen molar-refractivity contribution >= 4 is 5.97 Å². The third-order valence-electron chi connectivity index (χ3n) is 2.42. The van der Waals surface area contributed by atoms with E-state index in [-0.39, 0.29) is 29.9 Å². The van der Waals surface area contributed by atoms with E-state index in [1.54, 1.807) is 12.3 Å². The standard InChI is InChI=1S/C14H13NO2.HI/c1-11-7-8-13(9-15-11)14(16)17-10-12-5-3-2-4-6-12;/h2-9H,10H2,1H3;1H. The second-order valence-electron chi connectivity index (χ2n) is 3.82. The van der Waals surface area contributed by atoms with Crippen LogP contribution in [0.25, 0.3) is 0 Å². The van der Waals surface area contributed by atoms with E-state index in [4.69, 9.17) is 4.74 Å². The molecule has 0 aliphatic rings. The van der Waals surface area contributed by atoms with Gasteiger partial charge < -0.3 is 28.7 Å². The van der Waals surface area contributed by atoms with E-state index in [9.17, 15) is 4.79 Å². The maximum atomic E-state index is 11.7. The molecule has 0 bridgehead atoms. The highest BCUT2D eigenvalue weighted by molar-refractivity contribution is 5.88. The molecule has 0 aliphatic carbocycles. The Hall–Kier alpha value is -1.43. The first-order valence-corrected chi connectivity index (χ1v) is 5.45. The molecule has 3 nitrogen and oxygen atoms in total. The van der Waals surface area contributed by atoms with Gasteiger partial charge in [-0.15, -0.1) is 0 Å². The monoisotopic (exact) mass is 355 g/mol. The summed E-state index contributed by atoms with van der Waals surface area (Å²) in [6, 6.07) is 13.2. The average molecular weight is 355 g/mol. The number of rotatable bonds is 3. The third kappa shape index (κ3) is 4.10. The highest BCUT2D eigenvalue weighted by atomic mass is 127. The van der Waals surface area contributed by atoms with Crippen LogP contribution in [0.1, 0.15) is 21.6 Å². The zero-order chi connectivity index (χ0) is 12.1. The number of ether oxygens (including phenoxy) is 1. The number of nitrogens with one attached hydrogen (secondary N) is 1. The lowest BCUT2D eigenvalue weighted by Gasteiger charge is -2.03. The lowest BCUT2D eigenvalue weighted by atomic mass is 10.2. The second kappa shape index (κ2) is 7.10. The number of benzene rings is 1. The van der Waals surface area contributed by atoms with Crippen molar-refractivity contribution < 1.29 is 38.5 Å². The van der Waals surface area contributed by atoms with Crippen molar-refractivity contribution in [3.8, 4) is 0 Å². The van der Waals surface area contributed by atoms with E-state index in [2.05, 4.69) is 4.98 Å². The second-order valence-corrected chi connectivity index (χ2v) is 3.82. The SMILES string of the molecule is Cc1ccc(C(=O)OCc2ccccc2)c[nH+]1.[I-]. The molecule has 94 valence electrons. The van der Waals surface area contributed by atoms with Gasteiger partial charge in [0.25, 0.3) is 0 Å². The maximum absolute atomic E-state index is 11.7. The number of halogens is 1. The van der Waals surface area contributed by atoms with E-state index in [1.165, 1.54) is 0 Å². The summed E-state index contributed by atoms with van der Waals surface area (Å²) in [5.74, 6) is -0.315. The van der Waals surface area contributed by atoms with Crippen LogP contribution in [0.5, 0.6) is 0 Å². The molecule has 1 heterocycles. The molecule has 1 aromatic carbocycles. The number of aryl methyl sites for hydroxylation is 1. The Balaban J connectivity index is 0.00000162. The van der Waals surface area contributed by atoms with Crippen molar-refractivity contribution in [1.82, 2.24) is 0 Å². The van der Waals surface area contributed by atoms with Gasteiger partial charge in [0.2, 0.25) is 0 Å². The summed E-state index contributed by atoms with van der Waals surface area (Å²) in [7, 11) is 0. The summed E-state index contributed by atoms with van der Waals surface area (Å²) in [5.41, 5.74) is 2.52. The smallest absolute Gasteiger partial charge is 0.344 e. The fourth-order valence-electron chi connectivity index (χ4n) is 1.44. The van der Waals surface area contributed by atoms with Crippen molar-refractivity contribution in [1.29, 1.82) is 0 Å². The summed E-state index contributed by atoms with van der Waals surface area (Å²) in [6.07, 6.45) is 1.66. The number of hydrogen-bond donors (Lipinski definition) is 0. The number of aromatic nitrogens is 1. The molecule has 2 rings (SSSR count). The van der Waals surface area contributed by atoms with Crippen molar-refractivity contribution in [3.05, 3.63) is 65.5 Å². The predicted octanol–water partition coefficient (Wildman–Crippen LogP) is -0.830. The van der Waals surface area contributed by atoms with E-state index in [1.807, 2.05) is 43.3 Å². The van der Waals surface area contributed by atoms with Crippen molar-refractivity contribution in [2.24, 2.45) is 0 Å². The van der Waals surface area contributed by atoms with Gasteiger partial charge in [0.05, 0.1) is 0 Å². The van der Waals surface area contributed by atoms with Gasteiger partial charge in [-0.1, -0.05) is 30.3 Å². The van der Waals surface area contributed by atoms with Gasteiger partial charge in [0.1, 0.15) is 12.2 Å². The van der Waals surface area contributed by atoms with Gasteiger partial charge in [-0.25, -0.2) is 9.78 Å². The molecule has 0 amide bonds. The minimum Gasteiger partial charge on any atom is -1.00 e. The summed E-state index contributed by atoms with van der Waals surface area (Å²) in [4.78, 5) is 14.7. The molecule has 4 heteroatoms. The summed E-state index contributed by atoms with van der Waals surface area (Å²) >= 11 is 0. The van der Waals surface area contributed by atoms with Crippen LogP contribution in [-0.4, -0.2) is 5.97 Å². The first kappa shape index (κ1) is 14.6. The Morgan fingerprint density at radius 3 is 2.50 bits per heavy atom. The Morgan fingerprint density at radius 2 is 1.89 bits per heavy atom. The molecule has 0 saturated heterocycles. The Bertz CT molecular complexity index is 497. The lowest BCUT2D eigenvalue weighted by molar-refractivity contribution is -0.387. The number of carbonyl (C=O) groups is 1. The van der Waals surface area contributed by atoms with E-state index in [0.717, 1.165) is 11.3 Å². The van der Waals surface area contributed by atoms with Gasteiger partial charge >= 0.3 is 5.97 Å². The molecule has 1 aromatic heterocycles. The average Bonchev–Trinajstić information content (AvgIpc) is 2.38. The topological polar surface area (TPSA) is 40.4 Å². The predicted molar refractivity (Wildman–Crippen MR) is 63.3 cm³/mol. The van der Waals surface area contributed by atoms with E-state index >= 15 is 0 Å². The number of aromatic amines is 1. The molecule has 0 aliphatic heterocycles. The Labute approximate surface area is 123 Å². The van der Waals surface area contributed by atoms with Gasteiger partial charge in [-0.05, 0) is 11.6 Å². The molecule has 0 saturated carbocycles. The quantitative estimate of drug-likeness (QED) is 0.533. The summed E-state index contributed by atoms with van der Waals surface area (Å²) in [5, 5.41) is 0. The molecule has 18 heavy (non-hydrogen) atoms. The van der Waals surface area contributed by atoms with E-state index < -0.39 is 0 Å². The third-order valence-corrected chi connectivity index (χ3v) is 2.42. The van der Waals surface area contributed by atoms with Crippen LogP contribution in [-0.2, 0) is 11.3 Å². The molecule has 2 aromatic rings. The number of H-pyrrole nitrogens is 1. The van der Waals surface area contributed by atoms with Crippen LogP contribution in [0.2, 0.25) is 0 Å². The number of esters is 1. The van der Waals surface area contributed by atoms with Crippen LogP contribution in [0.3, 0.4) is 0 Å². The zero-order valence-corrected chi connectivity index (χ0v) is 12.2. The summed E-state index contributed by atoms with van der Waals surface area (Å²) < 4.78 is 5.20. The number of carbonyl (C=O) groups excluding carboxylic acids is 1. The van der Waals surface area contributed by atoms with Gasteiger partial charge in [-0.2, -0.15) is 0 Å². The highest BCUT2D eigenvalue weighted by Gasteiger charge is 2.09. The fourth-order valence-corrected chi connectivity index (χ4v) is 1.44. The highest BCUT2D eigenvalue weighted by Crippen LogP contribution is 2.04. The molecule has 1 N–H and O–H groups in total. The largest absolute Gasteiger partial charge is 1.00 e. The molecule has 0 unspecified atom stereocenters. The number of hydrogen-bond acceptors (Lipinski definition) is 2. The van der Waals surface area contributed by atoms with Gasteiger partial charge in [0, 0.05) is 13.0 Å². The molecule has 0 radical (unpaired) electrons. The Kier molecular flexibility index (Phi) is 5.77. The number of pyridine rings is 1. The molecular weight excluding hydrogens is 341 g/mol. The normalized spacial score (nSPS) is 9.39. The molecule has 0 atom stereocenters. The van der Waals surface area contributed by atoms with Crippen LogP contribution < -0.4 is 29.0 Å². The van der Waals surface area contributed by atoms with Crippen LogP contribution in [0.4, 0.5) is 0 Å². The lowest BCUT2D eigenvalue weighted by Crippen LogP contribution is -3.00. The van der Waals surface area contributed by atoms with Crippen LogP contribution >= 0.6 is 0 Å². The minimum atomic E-state index is -0.315. The molecular formula is C14H14INO2. The van der Waals surface area contributed by atoms with Gasteiger partial charge in [-0.3, -0.25) is 0 Å². The zero-order valence-electron chi connectivity index (χ0n) is 10.0. The van der Waals surface area contributed by atoms with Crippen molar-refractivity contribution in [3.63, 3.8) is 0 Å². The van der Waals surface area contributed by atoms with Crippen LogP contribution in [0.15, 0.2) is 48.7 Å². The summed E-state index contributed by atoms with van der Waals surface area (Å²) in [6.45, 7) is 2.23. The molecule has 0 fully saturated rings. The Morgan fingerprint density at radius 1 is 1.17 bits per heavy atom. The van der Waals surface area contributed by atoms with Crippen LogP contribution in [0, 0.1) is 6.92 Å². The molecule has 0 spiro atoms. The van der Waals surface area contributed by atoms with Crippen molar-refractivity contribution in [2.45, 2.75) is 13.5 Å². The maximum Gasteiger partial charge on any atom is 0.344 e. The first-order valence-electron chi connectivity index (χ1n) is 5.45. The fraction of sp³-hybridized carbons (Fsp3) is 0.143. The van der Waals surface area contributed by atoms with Gasteiger partial charge in [0.15, 0.2) is 11.9 Å². The first-order chi connectivity index (χ1) is 8.25. The van der Waals surface area contributed by atoms with Crippen molar-refractivity contribution in [2.75, 3.05) is 0 Å². The van der Waals surface area contributed by atoms with E-state index in [0.29, 0.717) is 12.2 Å². The minimum absolute atomic E-state index is 0.